The number of likely N-dealkylation sites (N-methyl/N-ethyl adjacent to an activating group) is 1. The first kappa shape index (κ1) is 18.5. The second-order valence-electron chi connectivity index (χ2n) is 6.46. The van der Waals surface area contributed by atoms with Gasteiger partial charge in [0.1, 0.15) is 5.69 Å². The summed E-state index contributed by atoms with van der Waals surface area (Å²) < 4.78 is 1.34. The van der Waals surface area contributed by atoms with Gasteiger partial charge >= 0.3 is 5.97 Å². The predicted molar refractivity (Wildman–Crippen MR) is 99.3 cm³/mol. The highest BCUT2D eigenvalue weighted by Crippen LogP contribution is 2.27. The number of aromatic amines is 1. The predicted octanol–water partition coefficient (Wildman–Crippen LogP) is 1.36. The van der Waals surface area contributed by atoms with Gasteiger partial charge in [-0.15, -0.1) is 5.10 Å². The third-order valence-electron chi connectivity index (χ3n) is 4.08. The smallest absolute Gasteiger partial charge is 0.328 e. The normalized spacial score (nSPS) is 12.4. The van der Waals surface area contributed by atoms with E-state index in [9.17, 15) is 14.7 Å². The molecule has 2 heterocycles. The summed E-state index contributed by atoms with van der Waals surface area (Å²) >= 11 is 0. The van der Waals surface area contributed by atoms with Crippen LogP contribution in [0, 0.1) is 0 Å². The first-order chi connectivity index (χ1) is 12.9. The average Bonchev–Trinajstić information content (AvgIpc) is 3.22. The van der Waals surface area contributed by atoms with E-state index in [1.54, 1.807) is 18.0 Å². The maximum atomic E-state index is 12.0. The number of amides is 1. The number of carbonyl (C=O) groups excluding carboxylic acids is 1. The number of benzene rings is 1. The second-order valence-corrected chi connectivity index (χ2v) is 6.46. The SMILES string of the molecule is CCC(C(=O)O)n1cc(-c2ccc3[nH]nc(NC(=O)CN(C)C)c3c2)nn1. The molecule has 0 saturated carbocycles. The van der Waals surface area contributed by atoms with Crippen LogP contribution in [0.25, 0.3) is 22.2 Å². The summed E-state index contributed by atoms with van der Waals surface area (Å²) in [5, 5.41) is 27.8. The first-order valence-corrected chi connectivity index (χ1v) is 8.46. The van der Waals surface area contributed by atoms with Crippen molar-refractivity contribution in [2.75, 3.05) is 26.0 Å². The zero-order chi connectivity index (χ0) is 19.6. The molecule has 3 aromatic rings. The fourth-order valence-corrected chi connectivity index (χ4v) is 2.76. The van der Waals surface area contributed by atoms with Crippen LogP contribution in [0.2, 0.25) is 0 Å². The molecule has 2 aromatic heterocycles. The number of nitrogens with one attached hydrogen (secondary N) is 2. The minimum atomic E-state index is -0.954. The molecule has 3 N–H and O–H groups in total. The van der Waals surface area contributed by atoms with Crippen molar-refractivity contribution in [3.05, 3.63) is 24.4 Å². The van der Waals surface area contributed by atoms with Gasteiger partial charge < -0.3 is 15.3 Å². The van der Waals surface area contributed by atoms with E-state index in [0.717, 1.165) is 16.5 Å². The van der Waals surface area contributed by atoms with Crippen molar-refractivity contribution in [1.29, 1.82) is 0 Å². The Kier molecular flexibility index (Phi) is 5.17. The van der Waals surface area contributed by atoms with Crippen LogP contribution in [0.5, 0.6) is 0 Å². The van der Waals surface area contributed by atoms with Crippen molar-refractivity contribution in [2.24, 2.45) is 0 Å². The number of H-pyrrole nitrogens is 1. The molecule has 10 heteroatoms. The molecule has 1 unspecified atom stereocenters. The molecule has 3 rings (SSSR count). The number of carboxylic acids is 1. The summed E-state index contributed by atoms with van der Waals surface area (Å²) in [6.45, 7) is 2.02. The number of carbonyl (C=O) groups is 2. The maximum Gasteiger partial charge on any atom is 0.328 e. The molecule has 27 heavy (non-hydrogen) atoms. The van der Waals surface area contributed by atoms with E-state index in [-0.39, 0.29) is 12.5 Å². The Morgan fingerprint density at radius 1 is 1.37 bits per heavy atom. The fraction of sp³-hybridized carbons (Fsp3) is 0.353. The molecule has 0 saturated heterocycles. The number of anilines is 1. The summed E-state index contributed by atoms with van der Waals surface area (Å²) in [6.07, 6.45) is 2.01. The molecular formula is C17H21N7O3. The fourth-order valence-electron chi connectivity index (χ4n) is 2.76. The largest absolute Gasteiger partial charge is 0.480 e. The molecule has 1 aromatic carbocycles. The Bertz CT molecular complexity index is 976. The van der Waals surface area contributed by atoms with Crippen LogP contribution in [-0.2, 0) is 9.59 Å². The Morgan fingerprint density at radius 3 is 2.81 bits per heavy atom. The van der Waals surface area contributed by atoms with E-state index in [4.69, 9.17) is 0 Å². The van der Waals surface area contributed by atoms with Gasteiger partial charge in [0.25, 0.3) is 0 Å². The topological polar surface area (TPSA) is 129 Å². The lowest BCUT2D eigenvalue weighted by molar-refractivity contribution is -0.141. The van der Waals surface area contributed by atoms with Gasteiger partial charge in [-0.3, -0.25) is 9.89 Å². The molecule has 0 aliphatic rings. The molecule has 0 fully saturated rings. The summed E-state index contributed by atoms with van der Waals surface area (Å²) in [5.74, 6) is -0.690. The number of nitrogens with zero attached hydrogens (tertiary/aromatic N) is 5. The van der Waals surface area contributed by atoms with Gasteiger partial charge in [-0.2, -0.15) is 5.10 Å². The van der Waals surface area contributed by atoms with Crippen LogP contribution in [0.3, 0.4) is 0 Å². The van der Waals surface area contributed by atoms with Crippen molar-refractivity contribution in [3.63, 3.8) is 0 Å². The highest BCUT2D eigenvalue weighted by Gasteiger charge is 2.19. The average molecular weight is 371 g/mol. The van der Waals surface area contributed by atoms with E-state index in [2.05, 4.69) is 25.8 Å². The summed E-state index contributed by atoms with van der Waals surface area (Å²) in [6, 6.07) is 4.74. The molecule has 10 nitrogen and oxygen atoms in total. The Balaban J connectivity index is 1.90. The molecule has 1 amide bonds. The number of aliphatic carboxylic acids is 1. The van der Waals surface area contributed by atoms with Crippen LogP contribution >= 0.6 is 0 Å². The van der Waals surface area contributed by atoms with E-state index in [0.29, 0.717) is 17.9 Å². The van der Waals surface area contributed by atoms with Crippen molar-refractivity contribution >= 4 is 28.6 Å². The van der Waals surface area contributed by atoms with E-state index in [1.165, 1.54) is 4.68 Å². The highest BCUT2D eigenvalue weighted by atomic mass is 16.4. The van der Waals surface area contributed by atoms with Gasteiger partial charge in [0.05, 0.1) is 18.3 Å². The van der Waals surface area contributed by atoms with Crippen molar-refractivity contribution in [3.8, 4) is 11.3 Å². The molecule has 142 valence electrons. The third kappa shape index (κ3) is 3.95. The minimum absolute atomic E-state index is 0.169. The van der Waals surface area contributed by atoms with Crippen LogP contribution in [0.4, 0.5) is 5.82 Å². The standard InChI is InChI=1S/C17H21N7O3/c1-4-14(17(26)27)24-8-13(20-22-24)10-5-6-12-11(7-10)16(21-19-12)18-15(25)9-23(2)3/h5-8,14H,4,9H2,1-3H3,(H,26,27)(H2,18,19,21,25). The quantitative estimate of drug-likeness (QED) is 0.572. The van der Waals surface area contributed by atoms with Crippen LogP contribution < -0.4 is 5.32 Å². The first-order valence-electron chi connectivity index (χ1n) is 8.46. The van der Waals surface area contributed by atoms with Crippen LogP contribution in [0.15, 0.2) is 24.4 Å². The summed E-state index contributed by atoms with van der Waals surface area (Å²) in [5.41, 5.74) is 2.06. The number of aromatic nitrogens is 5. The molecule has 0 aliphatic carbocycles. The number of fused-ring (bicyclic) bond motifs is 1. The van der Waals surface area contributed by atoms with Gasteiger partial charge in [-0.1, -0.05) is 18.2 Å². The maximum absolute atomic E-state index is 12.0. The van der Waals surface area contributed by atoms with Gasteiger partial charge in [0.15, 0.2) is 11.9 Å². The zero-order valence-electron chi connectivity index (χ0n) is 15.3. The lowest BCUT2D eigenvalue weighted by atomic mass is 10.1. The highest BCUT2D eigenvalue weighted by molar-refractivity contribution is 6.01. The Morgan fingerprint density at radius 2 is 2.15 bits per heavy atom. The van der Waals surface area contributed by atoms with Gasteiger partial charge in [-0.25, -0.2) is 9.48 Å². The molecular weight excluding hydrogens is 350 g/mol. The van der Waals surface area contributed by atoms with Crippen LogP contribution in [0.1, 0.15) is 19.4 Å². The van der Waals surface area contributed by atoms with E-state index in [1.807, 2.05) is 32.3 Å². The zero-order valence-corrected chi connectivity index (χ0v) is 15.3. The Hall–Kier alpha value is -3.27. The monoisotopic (exact) mass is 371 g/mol. The lowest BCUT2D eigenvalue weighted by Crippen LogP contribution is -2.27. The summed E-state index contributed by atoms with van der Waals surface area (Å²) in [7, 11) is 3.62. The van der Waals surface area contributed by atoms with E-state index < -0.39 is 12.0 Å². The second kappa shape index (κ2) is 7.54. The Labute approximate surface area is 155 Å². The van der Waals surface area contributed by atoms with Crippen molar-refractivity contribution in [2.45, 2.75) is 19.4 Å². The molecule has 0 spiro atoms. The molecule has 0 radical (unpaired) electrons. The lowest BCUT2D eigenvalue weighted by Gasteiger charge is -2.08. The number of hydrogen-bond donors (Lipinski definition) is 3. The minimum Gasteiger partial charge on any atom is -0.480 e. The number of carboxylic acid groups (broad SMARTS) is 1. The van der Waals surface area contributed by atoms with Gasteiger partial charge in [0.2, 0.25) is 5.91 Å². The number of rotatable bonds is 7. The van der Waals surface area contributed by atoms with Gasteiger partial charge in [0, 0.05) is 10.9 Å². The van der Waals surface area contributed by atoms with Crippen molar-refractivity contribution < 1.29 is 14.7 Å². The molecule has 1 atom stereocenters. The van der Waals surface area contributed by atoms with E-state index >= 15 is 0 Å². The molecule has 0 aliphatic heterocycles. The van der Waals surface area contributed by atoms with Gasteiger partial charge in [-0.05, 0) is 32.6 Å². The van der Waals surface area contributed by atoms with Crippen molar-refractivity contribution in [1.82, 2.24) is 30.1 Å². The molecule has 0 bridgehead atoms. The van der Waals surface area contributed by atoms with Crippen LogP contribution in [-0.4, -0.2) is 67.7 Å². The summed E-state index contributed by atoms with van der Waals surface area (Å²) in [4.78, 5) is 25.1. The number of hydrogen-bond acceptors (Lipinski definition) is 6. The third-order valence-corrected chi connectivity index (χ3v) is 4.08.